The van der Waals surface area contributed by atoms with Gasteiger partial charge in [-0.2, -0.15) is 0 Å². The summed E-state index contributed by atoms with van der Waals surface area (Å²) in [6.07, 6.45) is 0.924. The van der Waals surface area contributed by atoms with Gasteiger partial charge in [0.05, 0.1) is 0 Å². The van der Waals surface area contributed by atoms with E-state index in [0.717, 1.165) is 42.1 Å². The van der Waals surface area contributed by atoms with Gasteiger partial charge in [-0.1, -0.05) is 97.1 Å². The number of nitrogens with one attached hydrogen (secondary N) is 1. The van der Waals surface area contributed by atoms with E-state index in [0.29, 0.717) is 13.2 Å². The summed E-state index contributed by atoms with van der Waals surface area (Å²) in [6, 6.07) is 37.1. The molecule has 0 heterocycles. The first kappa shape index (κ1) is 21.7. The van der Waals surface area contributed by atoms with Crippen LogP contribution in [0.4, 0.5) is 0 Å². The normalized spacial score (nSPS) is 10.6. The van der Waals surface area contributed by atoms with Crippen LogP contribution < -0.4 is 14.8 Å². The number of hydrogen-bond acceptors (Lipinski definition) is 3. The van der Waals surface area contributed by atoms with E-state index in [1.165, 1.54) is 11.1 Å². The van der Waals surface area contributed by atoms with Crippen molar-refractivity contribution in [1.29, 1.82) is 0 Å². The van der Waals surface area contributed by atoms with Gasteiger partial charge >= 0.3 is 0 Å². The quantitative estimate of drug-likeness (QED) is 0.292. The average molecular weight is 424 g/mol. The molecule has 0 aromatic heterocycles. The highest BCUT2D eigenvalue weighted by atomic mass is 16.5. The molecule has 4 rings (SSSR count). The van der Waals surface area contributed by atoms with Crippen molar-refractivity contribution in [2.45, 2.75) is 26.2 Å². The van der Waals surface area contributed by atoms with E-state index >= 15 is 0 Å². The third kappa shape index (κ3) is 6.73. The Hall–Kier alpha value is -3.56. The number of ether oxygens (including phenoxy) is 2. The largest absolute Gasteiger partial charge is 0.485 e. The standard InChI is InChI=1S/C29H29NO2/c1-4-10-25(11-5-1)21-30-19-18-24-16-17-28(31-22-26-12-6-2-7-13-26)29(20-24)32-23-27-14-8-3-9-15-27/h1-17,20,30H,18-19,21-23H2. The van der Waals surface area contributed by atoms with Crippen LogP contribution in [0.25, 0.3) is 0 Å². The first-order valence-corrected chi connectivity index (χ1v) is 11.1. The zero-order valence-corrected chi connectivity index (χ0v) is 18.2. The highest BCUT2D eigenvalue weighted by Gasteiger charge is 2.08. The van der Waals surface area contributed by atoms with E-state index in [9.17, 15) is 0 Å². The molecule has 32 heavy (non-hydrogen) atoms. The van der Waals surface area contributed by atoms with Gasteiger partial charge in [-0.15, -0.1) is 0 Å². The molecule has 0 spiro atoms. The van der Waals surface area contributed by atoms with Crippen LogP contribution >= 0.6 is 0 Å². The zero-order valence-electron chi connectivity index (χ0n) is 18.2. The summed E-state index contributed by atoms with van der Waals surface area (Å²) < 4.78 is 12.3. The molecule has 4 aromatic carbocycles. The Kier molecular flexibility index (Phi) is 7.94. The summed E-state index contributed by atoms with van der Waals surface area (Å²) in [7, 11) is 0. The minimum absolute atomic E-state index is 0.512. The molecule has 1 N–H and O–H groups in total. The first-order valence-electron chi connectivity index (χ1n) is 11.1. The van der Waals surface area contributed by atoms with Crippen LogP contribution in [-0.4, -0.2) is 6.54 Å². The minimum Gasteiger partial charge on any atom is -0.485 e. The first-order chi connectivity index (χ1) is 15.9. The molecule has 3 heteroatoms. The van der Waals surface area contributed by atoms with Crippen molar-refractivity contribution in [3.8, 4) is 11.5 Å². The minimum atomic E-state index is 0.512. The molecule has 0 bridgehead atoms. The molecule has 0 radical (unpaired) electrons. The van der Waals surface area contributed by atoms with Gasteiger partial charge in [0, 0.05) is 6.54 Å². The molecular formula is C29H29NO2. The summed E-state index contributed by atoms with van der Waals surface area (Å²) >= 11 is 0. The van der Waals surface area contributed by atoms with Crippen LogP contribution in [0.3, 0.4) is 0 Å². The van der Waals surface area contributed by atoms with Crippen molar-refractivity contribution < 1.29 is 9.47 Å². The maximum absolute atomic E-state index is 6.18. The molecule has 0 unspecified atom stereocenters. The fraction of sp³-hybridized carbons (Fsp3) is 0.172. The molecule has 0 fully saturated rings. The molecule has 0 saturated carbocycles. The molecule has 0 saturated heterocycles. The van der Waals surface area contributed by atoms with E-state index in [-0.39, 0.29) is 0 Å². The monoisotopic (exact) mass is 423 g/mol. The van der Waals surface area contributed by atoms with Crippen LogP contribution in [-0.2, 0) is 26.2 Å². The summed E-state index contributed by atoms with van der Waals surface area (Å²) in [6.45, 7) is 2.80. The number of rotatable bonds is 11. The summed E-state index contributed by atoms with van der Waals surface area (Å²) in [5.41, 5.74) is 4.79. The molecule has 4 aromatic rings. The molecule has 0 amide bonds. The smallest absolute Gasteiger partial charge is 0.161 e. The van der Waals surface area contributed by atoms with Crippen LogP contribution in [0.2, 0.25) is 0 Å². The summed E-state index contributed by atoms with van der Waals surface area (Å²) in [5.74, 6) is 1.55. The summed E-state index contributed by atoms with van der Waals surface area (Å²) in [5, 5.41) is 3.52. The van der Waals surface area contributed by atoms with Crippen molar-refractivity contribution >= 4 is 0 Å². The van der Waals surface area contributed by atoms with Gasteiger partial charge in [0.2, 0.25) is 0 Å². The zero-order chi connectivity index (χ0) is 21.8. The molecule has 0 aliphatic rings. The van der Waals surface area contributed by atoms with Gasteiger partial charge in [0.25, 0.3) is 0 Å². The van der Waals surface area contributed by atoms with E-state index in [2.05, 4.69) is 66.0 Å². The highest BCUT2D eigenvalue weighted by Crippen LogP contribution is 2.30. The Morgan fingerprint density at radius 2 is 1.03 bits per heavy atom. The fourth-order valence-electron chi connectivity index (χ4n) is 3.47. The van der Waals surface area contributed by atoms with Gasteiger partial charge in [0.15, 0.2) is 11.5 Å². The Bertz CT molecular complexity index is 1070. The van der Waals surface area contributed by atoms with Crippen LogP contribution in [0.1, 0.15) is 22.3 Å². The Labute approximate surface area is 190 Å². The Morgan fingerprint density at radius 3 is 1.62 bits per heavy atom. The third-order valence-corrected chi connectivity index (χ3v) is 5.24. The molecule has 3 nitrogen and oxygen atoms in total. The maximum atomic E-state index is 6.18. The Morgan fingerprint density at radius 1 is 0.500 bits per heavy atom. The summed E-state index contributed by atoms with van der Waals surface area (Å²) in [4.78, 5) is 0. The van der Waals surface area contributed by atoms with E-state index in [4.69, 9.17) is 9.47 Å². The van der Waals surface area contributed by atoms with Crippen LogP contribution in [0.5, 0.6) is 11.5 Å². The van der Waals surface area contributed by atoms with E-state index in [1.54, 1.807) is 0 Å². The second-order valence-corrected chi connectivity index (χ2v) is 7.74. The van der Waals surface area contributed by atoms with Crippen molar-refractivity contribution in [2.24, 2.45) is 0 Å². The SMILES string of the molecule is c1ccc(CNCCc2ccc(OCc3ccccc3)c(OCc3ccccc3)c2)cc1. The van der Waals surface area contributed by atoms with Crippen molar-refractivity contribution in [3.05, 3.63) is 131 Å². The topological polar surface area (TPSA) is 30.5 Å². The molecule has 0 atom stereocenters. The fourth-order valence-corrected chi connectivity index (χ4v) is 3.47. The van der Waals surface area contributed by atoms with Gasteiger partial charge in [0.1, 0.15) is 13.2 Å². The second-order valence-electron chi connectivity index (χ2n) is 7.74. The third-order valence-electron chi connectivity index (χ3n) is 5.24. The van der Waals surface area contributed by atoms with Gasteiger partial charge in [-0.3, -0.25) is 0 Å². The molecule has 162 valence electrons. The molecule has 0 aliphatic heterocycles. The van der Waals surface area contributed by atoms with Crippen LogP contribution in [0, 0.1) is 0 Å². The van der Waals surface area contributed by atoms with Crippen molar-refractivity contribution in [2.75, 3.05) is 6.54 Å². The van der Waals surface area contributed by atoms with Crippen LogP contribution in [0.15, 0.2) is 109 Å². The highest BCUT2D eigenvalue weighted by molar-refractivity contribution is 5.43. The predicted molar refractivity (Wildman–Crippen MR) is 130 cm³/mol. The molecular weight excluding hydrogens is 394 g/mol. The van der Waals surface area contributed by atoms with Crippen molar-refractivity contribution in [3.63, 3.8) is 0 Å². The average Bonchev–Trinajstić information content (AvgIpc) is 2.86. The van der Waals surface area contributed by atoms with Gasteiger partial charge < -0.3 is 14.8 Å². The molecule has 0 aliphatic carbocycles. The number of benzene rings is 4. The number of hydrogen-bond donors (Lipinski definition) is 1. The lowest BCUT2D eigenvalue weighted by Crippen LogP contribution is -2.16. The van der Waals surface area contributed by atoms with E-state index in [1.807, 2.05) is 48.5 Å². The second kappa shape index (κ2) is 11.7. The maximum Gasteiger partial charge on any atom is 0.161 e. The van der Waals surface area contributed by atoms with Crippen molar-refractivity contribution in [1.82, 2.24) is 5.32 Å². The predicted octanol–water partition coefficient (Wildman–Crippen LogP) is 6.18. The lowest BCUT2D eigenvalue weighted by atomic mass is 10.1. The van der Waals surface area contributed by atoms with Gasteiger partial charge in [-0.05, 0) is 47.4 Å². The Balaban J connectivity index is 1.39. The van der Waals surface area contributed by atoms with E-state index < -0.39 is 0 Å². The van der Waals surface area contributed by atoms with Gasteiger partial charge in [-0.25, -0.2) is 0 Å². The lowest BCUT2D eigenvalue weighted by Gasteiger charge is -2.15. The lowest BCUT2D eigenvalue weighted by molar-refractivity contribution is 0.255.